The maximum atomic E-state index is 10.7. The van der Waals surface area contributed by atoms with Crippen molar-refractivity contribution in [1.82, 2.24) is 9.38 Å². The summed E-state index contributed by atoms with van der Waals surface area (Å²) in [6.07, 6.45) is 3.64. The van der Waals surface area contributed by atoms with Crippen LogP contribution in [0.25, 0.3) is 5.65 Å². The Morgan fingerprint density at radius 1 is 1.59 bits per heavy atom. The average molecular weight is 271 g/mol. The highest BCUT2D eigenvalue weighted by molar-refractivity contribution is 7.99. The van der Waals surface area contributed by atoms with Crippen molar-refractivity contribution in [1.29, 1.82) is 0 Å². The van der Waals surface area contributed by atoms with Crippen LogP contribution in [0.3, 0.4) is 0 Å². The molecule has 0 spiro atoms. The van der Waals surface area contributed by atoms with Crippen LogP contribution in [0, 0.1) is 0 Å². The minimum absolute atomic E-state index is 0.427. The van der Waals surface area contributed by atoms with Gasteiger partial charge >= 0.3 is 5.97 Å². The van der Waals surface area contributed by atoms with Crippen molar-refractivity contribution in [2.24, 2.45) is 0 Å². The van der Waals surface area contributed by atoms with Crippen molar-refractivity contribution in [2.45, 2.75) is 17.9 Å². The first-order chi connectivity index (χ1) is 8.06. The number of aromatic nitrogens is 2. The molecule has 0 aliphatic heterocycles. The molecule has 4 nitrogen and oxygen atoms in total. The van der Waals surface area contributed by atoms with Gasteiger partial charge in [0.15, 0.2) is 0 Å². The molecule has 0 saturated heterocycles. The Balaban J connectivity index is 2.12. The standard InChI is InChI=1S/C11H11ClN2O2S/c1-7(11(15)16)17-6-9-5-14-4-8(12)2-3-10(14)13-9/h2-5,7H,6H2,1H3,(H,15,16)/t7-/m1/s1. The number of aliphatic carboxylic acids is 1. The van der Waals surface area contributed by atoms with Gasteiger partial charge in [0.05, 0.1) is 16.0 Å². The van der Waals surface area contributed by atoms with E-state index in [1.54, 1.807) is 19.2 Å². The van der Waals surface area contributed by atoms with E-state index in [4.69, 9.17) is 16.7 Å². The van der Waals surface area contributed by atoms with E-state index in [-0.39, 0.29) is 0 Å². The number of hydrogen-bond donors (Lipinski definition) is 1. The molecule has 1 atom stereocenters. The number of thioether (sulfide) groups is 1. The van der Waals surface area contributed by atoms with Gasteiger partial charge in [0.25, 0.3) is 0 Å². The lowest BCUT2D eigenvalue weighted by atomic mass is 10.5. The molecule has 0 bridgehead atoms. The monoisotopic (exact) mass is 270 g/mol. The summed E-state index contributed by atoms with van der Waals surface area (Å²) in [5.41, 5.74) is 1.67. The summed E-state index contributed by atoms with van der Waals surface area (Å²) in [6, 6.07) is 3.61. The molecule has 2 aromatic heterocycles. The van der Waals surface area contributed by atoms with Gasteiger partial charge in [-0.1, -0.05) is 11.6 Å². The lowest BCUT2D eigenvalue weighted by molar-refractivity contribution is -0.136. The maximum Gasteiger partial charge on any atom is 0.316 e. The number of fused-ring (bicyclic) bond motifs is 1. The quantitative estimate of drug-likeness (QED) is 0.928. The highest BCUT2D eigenvalue weighted by Crippen LogP contribution is 2.18. The molecule has 0 amide bonds. The van der Waals surface area contributed by atoms with Crippen LogP contribution in [0.2, 0.25) is 5.02 Å². The predicted octanol–water partition coefficient (Wildman–Crippen LogP) is 2.69. The number of hydrogen-bond acceptors (Lipinski definition) is 3. The van der Waals surface area contributed by atoms with Crippen molar-refractivity contribution < 1.29 is 9.90 Å². The van der Waals surface area contributed by atoms with Gasteiger partial charge in [0.2, 0.25) is 0 Å². The second kappa shape index (κ2) is 4.98. The lowest BCUT2D eigenvalue weighted by Crippen LogP contribution is -2.11. The largest absolute Gasteiger partial charge is 0.480 e. The number of carboxylic acid groups (broad SMARTS) is 1. The summed E-state index contributed by atoms with van der Waals surface area (Å²) >= 11 is 7.21. The number of pyridine rings is 1. The summed E-state index contributed by atoms with van der Waals surface area (Å²) < 4.78 is 1.84. The third-order valence-electron chi connectivity index (χ3n) is 2.29. The molecule has 0 aliphatic carbocycles. The molecule has 0 aromatic carbocycles. The number of carbonyl (C=O) groups is 1. The Labute approximate surface area is 108 Å². The minimum atomic E-state index is -0.804. The average Bonchev–Trinajstić information content (AvgIpc) is 2.67. The first-order valence-electron chi connectivity index (χ1n) is 5.04. The van der Waals surface area contributed by atoms with Crippen LogP contribution < -0.4 is 0 Å². The van der Waals surface area contributed by atoms with Crippen molar-refractivity contribution >= 4 is 35.0 Å². The Kier molecular flexibility index (Phi) is 3.59. The van der Waals surface area contributed by atoms with E-state index in [9.17, 15) is 4.79 Å². The topological polar surface area (TPSA) is 54.6 Å². The molecule has 0 radical (unpaired) electrons. The van der Waals surface area contributed by atoms with Gasteiger partial charge in [-0.2, -0.15) is 0 Å². The Hall–Kier alpha value is -1.20. The smallest absolute Gasteiger partial charge is 0.316 e. The summed E-state index contributed by atoms with van der Waals surface area (Å²) in [7, 11) is 0. The van der Waals surface area contributed by atoms with Crippen molar-refractivity contribution in [3.05, 3.63) is 35.2 Å². The summed E-state index contributed by atoms with van der Waals surface area (Å²) in [6.45, 7) is 1.67. The number of imidazole rings is 1. The van der Waals surface area contributed by atoms with E-state index in [0.29, 0.717) is 10.8 Å². The highest BCUT2D eigenvalue weighted by Gasteiger charge is 2.12. The van der Waals surface area contributed by atoms with E-state index in [1.165, 1.54) is 11.8 Å². The Morgan fingerprint density at radius 3 is 3.06 bits per heavy atom. The lowest BCUT2D eigenvalue weighted by Gasteiger charge is -2.02. The van der Waals surface area contributed by atoms with Crippen LogP contribution in [-0.4, -0.2) is 25.7 Å². The molecular formula is C11H11ClN2O2S. The van der Waals surface area contributed by atoms with Gasteiger partial charge in [-0.15, -0.1) is 11.8 Å². The number of nitrogens with zero attached hydrogens (tertiary/aromatic N) is 2. The number of halogens is 1. The second-order valence-electron chi connectivity index (χ2n) is 3.64. The van der Waals surface area contributed by atoms with Crippen LogP contribution in [0.5, 0.6) is 0 Å². The van der Waals surface area contributed by atoms with Crippen molar-refractivity contribution in [3.8, 4) is 0 Å². The van der Waals surface area contributed by atoms with Crippen LogP contribution >= 0.6 is 23.4 Å². The molecule has 2 rings (SSSR count). The third kappa shape index (κ3) is 2.92. The second-order valence-corrected chi connectivity index (χ2v) is 5.40. The summed E-state index contributed by atoms with van der Waals surface area (Å²) in [5, 5.41) is 8.99. The fourth-order valence-electron chi connectivity index (χ4n) is 1.37. The van der Waals surface area contributed by atoms with Gasteiger partial charge in [0.1, 0.15) is 5.65 Å². The van der Waals surface area contributed by atoms with Gasteiger partial charge in [0, 0.05) is 18.1 Å². The zero-order valence-electron chi connectivity index (χ0n) is 9.13. The van der Waals surface area contributed by atoms with Gasteiger partial charge in [-0.05, 0) is 19.1 Å². The molecule has 6 heteroatoms. The van der Waals surface area contributed by atoms with E-state index in [1.807, 2.05) is 16.7 Å². The molecular weight excluding hydrogens is 260 g/mol. The molecule has 90 valence electrons. The van der Waals surface area contributed by atoms with Gasteiger partial charge in [-0.3, -0.25) is 4.79 Å². The maximum absolute atomic E-state index is 10.7. The van der Waals surface area contributed by atoms with Crippen LogP contribution in [0.15, 0.2) is 24.5 Å². The van der Waals surface area contributed by atoms with Crippen molar-refractivity contribution in [3.63, 3.8) is 0 Å². The summed E-state index contributed by atoms with van der Waals surface area (Å²) in [4.78, 5) is 15.0. The molecule has 2 aromatic rings. The first kappa shape index (κ1) is 12.3. The Bertz CT molecular complexity index is 555. The van der Waals surface area contributed by atoms with E-state index < -0.39 is 11.2 Å². The molecule has 0 fully saturated rings. The summed E-state index contributed by atoms with van der Waals surface area (Å²) in [5.74, 6) is -0.228. The van der Waals surface area contributed by atoms with Crippen LogP contribution in [0.1, 0.15) is 12.6 Å². The fraction of sp³-hybridized carbons (Fsp3) is 0.273. The SMILES string of the molecule is C[C@@H](SCc1cn2cc(Cl)ccc2n1)C(=O)O. The first-order valence-corrected chi connectivity index (χ1v) is 6.46. The van der Waals surface area contributed by atoms with Crippen LogP contribution in [0.4, 0.5) is 0 Å². The zero-order valence-corrected chi connectivity index (χ0v) is 10.7. The fourth-order valence-corrected chi connectivity index (χ4v) is 2.24. The molecule has 2 heterocycles. The third-order valence-corrected chi connectivity index (χ3v) is 3.68. The molecule has 17 heavy (non-hydrogen) atoms. The van der Waals surface area contributed by atoms with Crippen molar-refractivity contribution in [2.75, 3.05) is 0 Å². The number of rotatable bonds is 4. The van der Waals surface area contributed by atoms with E-state index in [0.717, 1.165) is 11.3 Å². The molecule has 0 aliphatic rings. The molecule has 0 unspecified atom stereocenters. The highest BCUT2D eigenvalue weighted by atomic mass is 35.5. The van der Waals surface area contributed by atoms with E-state index >= 15 is 0 Å². The Morgan fingerprint density at radius 2 is 2.35 bits per heavy atom. The van der Waals surface area contributed by atoms with Gasteiger partial charge in [-0.25, -0.2) is 4.98 Å². The molecule has 0 saturated carbocycles. The normalized spacial score (nSPS) is 12.8. The minimum Gasteiger partial charge on any atom is -0.480 e. The van der Waals surface area contributed by atoms with Gasteiger partial charge < -0.3 is 9.51 Å². The zero-order chi connectivity index (χ0) is 12.4. The molecule has 1 N–H and O–H groups in total. The predicted molar refractivity (Wildman–Crippen MR) is 68.6 cm³/mol. The number of carboxylic acids is 1. The van der Waals surface area contributed by atoms with E-state index in [2.05, 4.69) is 4.98 Å². The van der Waals surface area contributed by atoms with Crippen LogP contribution in [-0.2, 0) is 10.5 Å².